The molecule has 55 valence electrons. The summed E-state index contributed by atoms with van der Waals surface area (Å²) in [5.41, 5.74) is 0. The lowest BCUT2D eigenvalue weighted by Gasteiger charge is -2.21. The molecule has 0 fully saturated rings. The summed E-state index contributed by atoms with van der Waals surface area (Å²) in [4.78, 5) is 1.81. The summed E-state index contributed by atoms with van der Waals surface area (Å²) < 4.78 is 0. The van der Waals surface area contributed by atoms with E-state index in [4.69, 9.17) is 5.11 Å². The van der Waals surface area contributed by atoms with Gasteiger partial charge in [0.1, 0.15) is 6.23 Å². The third kappa shape index (κ3) is 4.43. The monoisotopic (exact) mass is 130 g/mol. The average molecular weight is 130 g/mol. The molecule has 0 bridgehead atoms. The van der Waals surface area contributed by atoms with Crippen molar-refractivity contribution in [2.75, 3.05) is 13.6 Å². The second-order valence-electron chi connectivity index (χ2n) is 2.81. The van der Waals surface area contributed by atoms with E-state index in [-0.39, 0.29) is 0 Å². The zero-order chi connectivity index (χ0) is 7.44. The zero-order valence-corrected chi connectivity index (χ0v) is 6.46. The maximum Gasteiger partial charge on any atom is 0.107 e. The molecule has 0 saturated carbocycles. The van der Waals surface area contributed by atoms with Crippen molar-refractivity contribution in [1.29, 1.82) is 0 Å². The van der Waals surface area contributed by atoms with Gasteiger partial charge in [-0.15, -0.1) is 0 Å². The van der Waals surface area contributed by atoms with Gasteiger partial charge in [0.05, 0.1) is 0 Å². The van der Waals surface area contributed by atoms with Gasteiger partial charge in [0, 0.05) is 6.54 Å². The van der Waals surface area contributed by atoms with Crippen LogP contribution in [0.2, 0.25) is 0 Å². The molecule has 0 saturated heterocycles. The van der Waals surface area contributed by atoms with E-state index >= 15 is 0 Å². The Morgan fingerprint density at radius 1 is 1.56 bits per heavy atom. The minimum Gasteiger partial charge on any atom is -0.378 e. The molecule has 0 aliphatic rings. The maximum absolute atomic E-state index is 8.88. The van der Waals surface area contributed by atoms with Crippen LogP contribution in [0.15, 0.2) is 0 Å². The van der Waals surface area contributed by atoms with Gasteiger partial charge in [0.15, 0.2) is 0 Å². The highest BCUT2D eigenvalue weighted by Gasteiger charge is 2.05. The number of aliphatic hydroxyl groups excluding tert-OH is 1. The van der Waals surface area contributed by atoms with Crippen molar-refractivity contribution in [3.63, 3.8) is 0 Å². The van der Waals surface area contributed by atoms with E-state index in [0.717, 1.165) is 6.54 Å². The molecule has 0 heterocycles. The van der Waals surface area contributed by atoms with E-state index in [1.54, 1.807) is 0 Å². The second-order valence-corrected chi connectivity index (χ2v) is 2.81. The van der Waals surface area contributed by atoms with Crippen LogP contribution >= 0.6 is 0 Å². The van der Waals surface area contributed by atoms with Crippen molar-refractivity contribution in [3.05, 3.63) is 6.92 Å². The van der Waals surface area contributed by atoms with Crippen molar-refractivity contribution in [2.45, 2.75) is 20.1 Å². The second kappa shape index (κ2) is 3.85. The van der Waals surface area contributed by atoms with Gasteiger partial charge >= 0.3 is 0 Å². The Bertz CT molecular complexity index is 71.3. The summed E-state index contributed by atoms with van der Waals surface area (Å²) in [6, 6.07) is 0. The Balaban J connectivity index is 3.38. The van der Waals surface area contributed by atoms with Crippen LogP contribution in [0.25, 0.3) is 0 Å². The highest BCUT2D eigenvalue weighted by Crippen LogP contribution is 1.97. The van der Waals surface area contributed by atoms with E-state index in [9.17, 15) is 0 Å². The third-order valence-electron chi connectivity index (χ3n) is 1.16. The molecule has 1 atom stereocenters. The minimum atomic E-state index is -0.563. The number of aliphatic hydroxyl groups is 1. The molecule has 0 aromatic rings. The Morgan fingerprint density at radius 2 is 2.00 bits per heavy atom. The van der Waals surface area contributed by atoms with Crippen molar-refractivity contribution in [3.8, 4) is 0 Å². The predicted molar refractivity (Wildman–Crippen MR) is 38.8 cm³/mol. The molecule has 0 rings (SSSR count). The van der Waals surface area contributed by atoms with Crippen molar-refractivity contribution < 1.29 is 5.11 Å². The molecule has 0 amide bonds. The summed E-state index contributed by atoms with van der Waals surface area (Å²) in [6.07, 6.45) is -0.563. The number of hydrogen-bond acceptors (Lipinski definition) is 2. The molecule has 0 aliphatic carbocycles. The van der Waals surface area contributed by atoms with Crippen LogP contribution in [-0.4, -0.2) is 29.8 Å². The lowest BCUT2D eigenvalue weighted by Crippen LogP contribution is -2.31. The molecule has 9 heavy (non-hydrogen) atoms. The number of rotatable bonds is 3. The zero-order valence-electron chi connectivity index (χ0n) is 6.46. The number of hydrogen-bond donors (Lipinski definition) is 1. The van der Waals surface area contributed by atoms with Crippen molar-refractivity contribution in [2.24, 2.45) is 5.92 Å². The van der Waals surface area contributed by atoms with Crippen LogP contribution in [0, 0.1) is 12.8 Å². The first kappa shape index (κ1) is 8.92. The van der Waals surface area contributed by atoms with Crippen LogP contribution in [-0.2, 0) is 0 Å². The molecule has 0 spiro atoms. The Hall–Kier alpha value is -0.0800. The molecular formula is C7H16NO. The fourth-order valence-corrected chi connectivity index (χ4v) is 0.698. The molecule has 0 aromatic carbocycles. The van der Waals surface area contributed by atoms with E-state index < -0.39 is 6.23 Å². The van der Waals surface area contributed by atoms with E-state index in [1.165, 1.54) is 0 Å². The molecule has 1 N–H and O–H groups in total. The summed E-state index contributed by atoms with van der Waals surface area (Å²) in [5, 5.41) is 8.88. The SMILES string of the molecule is [CH2]C(O)N(C)CC(C)C. The first-order valence-corrected chi connectivity index (χ1v) is 3.25. The summed E-state index contributed by atoms with van der Waals surface area (Å²) in [5.74, 6) is 0.589. The van der Waals surface area contributed by atoms with Gasteiger partial charge in [-0.25, -0.2) is 0 Å². The largest absolute Gasteiger partial charge is 0.378 e. The molecule has 1 radical (unpaired) electrons. The van der Waals surface area contributed by atoms with E-state index in [2.05, 4.69) is 20.8 Å². The topological polar surface area (TPSA) is 23.5 Å². The lowest BCUT2D eigenvalue weighted by molar-refractivity contribution is 0.0522. The highest BCUT2D eigenvalue weighted by molar-refractivity contribution is 4.59. The molecule has 0 aliphatic heterocycles. The molecule has 2 heteroatoms. The molecule has 0 aromatic heterocycles. The minimum absolute atomic E-state index is 0.563. The summed E-state index contributed by atoms with van der Waals surface area (Å²) in [7, 11) is 1.86. The highest BCUT2D eigenvalue weighted by atomic mass is 16.3. The van der Waals surface area contributed by atoms with Crippen LogP contribution in [0.5, 0.6) is 0 Å². The summed E-state index contributed by atoms with van der Waals surface area (Å²) in [6.45, 7) is 8.59. The fourth-order valence-electron chi connectivity index (χ4n) is 0.698. The van der Waals surface area contributed by atoms with Gasteiger partial charge in [0.2, 0.25) is 0 Å². The van der Waals surface area contributed by atoms with Crippen LogP contribution in [0.3, 0.4) is 0 Å². The van der Waals surface area contributed by atoms with Crippen LogP contribution in [0.4, 0.5) is 0 Å². The van der Waals surface area contributed by atoms with Gasteiger partial charge in [-0.2, -0.15) is 0 Å². The quantitative estimate of drug-likeness (QED) is 0.569. The van der Waals surface area contributed by atoms with Gasteiger partial charge in [0.25, 0.3) is 0 Å². The smallest absolute Gasteiger partial charge is 0.107 e. The Labute approximate surface area is 57.5 Å². The molecular weight excluding hydrogens is 114 g/mol. The maximum atomic E-state index is 8.88. The standard InChI is InChI=1S/C7H16NO/c1-6(2)5-8(4)7(3)9/h6-7,9H,3,5H2,1-2,4H3. The first-order chi connectivity index (χ1) is 4.04. The Morgan fingerprint density at radius 3 is 2.11 bits per heavy atom. The van der Waals surface area contributed by atoms with Gasteiger partial charge in [-0.3, -0.25) is 4.90 Å². The first-order valence-electron chi connectivity index (χ1n) is 3.25. The van der Waals surface area contributed by atoms with Crippen molar-refractivity contribution >= 4 is 0 Å². The van der Waals surface area contributed by atoms with Crippen LogP contribution in [0.1, 0.15) is 13.8 Å². The normalized spacial score (nSPS) is 15.0. The van der Waals surface area contributed by atoms with E-state index in [0.29, 0.717) is 5.92 Å². The molecule has 1 unspecified atom stereocenters. The number of nitrogens with zero attached hydrogens (tertiary/aromatic N) is 1. The fraction of sp³-hybridized carbons (Fsp3) is 0.857. The Kier molecular flexibility index (Phi) is 3.82. The van der Waals surface area contributed by atoms with Crippen molar-refractivity contribution in [1.82, 2.24) is 4.90 Å². The third-order valence-corrected chi connectivity index (χ3v) is 1.16. The van der Waals surface area contributed by atoms with Crippen LogP contribution < -0.4 is 0 Å². The molecule has 2 nitrogen and oxygen atoms in total. The average Bonchev–Trinajstić information content (AvgIpc) is 1.63. The van der Waals surface area contributed by atoms with E-state index in [1.807, 2.05) is 11.9 Å². The summed E-state index contributed by atoms with van der Waals surface area (Å²) >= 11 is 0. The lowest BCUT2D eigenvalue weighted by atomic mass is 10.2. The van der Waals surface area contributed by atoms with Gasteiger partial charge in [-0.1, -0.05) is 13.8 Å². The van der Waals surface area contributed by atoms with Gasteiger partial charge in [-0.05, 0) is 19.9 Å². The predicted octanol–water partition coefficient (Wildman–Crippen LogP) is 0.727. The van der Waals surface area contributed by atoms with Gasteiger partial charge < -0.3 is 5.11 Å².